The van der Waals surface area contributed by atoms with E-state index in [0.29, 0.717) is 110 Å². The molecule has 5 aromatic carbocycles. The van der Waals surface area contributed by atoms with Gasteiger partial charge in [0.1, 0.15) is 76.2 Å². The number of amides is 4. The third-order valence-corrected chi connectivity index (χ3v) is 36.2. The zero-order chi connectivity index (χ0) is 102. The number of halogens is 7. The van der Waals surface area contributed by atoms with Gasteiger partial charge in [0.15, 0.2) is 0 Å². The third kappa shape index (κ3) is 42.8. The number of pyridine rings is 7. The predicted octanol–water partition coefficient (Wildman–Crippen LogP) is 22.6. The molecule has 0 aliphatic carbocycles. The van der Waals surface area contributed by atoms with Crippen molar-refractivity contribution in [2.45, 2.75) is 104 Å². The molecule has 12 rings (SSSR count). The zero-order valence-electron chi connectivity index (χ0n) is 78.2. The van der Waals surface area contributed by atoms with Gasteiger partial charge in [0.2, 0.25) is 0 Å². The number of nitrogens with zero attached hydrogens (tertiary/aromatic N) is 7. The molecule has 12 aromatic rings. The van der Waals surface area contributed by atoms with Crippen molar-refractivity contribution >= 4 is 191 Å². The fourth-order valence-corrected chi connectivity index (χ4v) is 27.4. The third-order valence-electron chi connectivity index (χ3n) is 19.6. The minimum Gasteiger partial charge on any atom is -0.497 e. The molecule has 0 radical (unpaired) electrons. The van der Waals surface area contributed by atoms with E-state index in [0.717, 1.165) is 37.2 Å². The summed E-state index contributed by atoms with van der Waals surface area (Å²) in [4.78, 5) is 121. The van der Waals surface area contributed by atoms with Crippen LogP contribution < -0.4 is 61.7 Å². The topological polar surface area (TPSA) is 424 Å². The minimum atomic E-state index is -1.85. The maximum absolute atomic E-state index is 12.6. The van der Waals surface area contributed by atoms with Gasteiger partial charge >= 0.3 is 120 Å². The molecule has 0 aliphatic rings. The van der Waals surface area contributed by atoms with Crippen molar-refractivity contribution in [2.24, 2.45) is 5.73 Å². The van der Waals surface area contributed by atoms with Gasteiger partial charge in [0, 0.05) is 119 Å². The van der Waals surface area contributed by atoms with E-state index >= 15 is 0 Å². The summed E-state index contributed by atoms with van der Waals surface area (Å²) in [7, 11) is 10.4. The number of carboxylic acids is 1. The van der Waals surface area contributed by atoms with Crippen LogP contribution in [0.15, 0.2) is 258 Å². The van der Waals surface area contributed by atoms with E-state index in [1.54, 1.807) is 199 Å². The number of aromatic carboxylic acids is 1. The Morgan fingerprint density at radius 2 is 0.777 bits per heavy atom. The largest absolute Gasteiger partial charge is 0.497 e. The molecule has 7 aromatic heterocycles. The fraction of sp³-hybridized carbons (Fsp3) is 0.238. The van der Waals surface area contributed by atoms with Crippen LogP contribution in [-0.2, 0) is 38.4 Å². The number of nitrogen functional groups attached to an aromatic ring is 1. The number of carboxylic acid groups (broad SMARTS) is 1. The Kier molecular flexibility index (Phi) is 54.4. The van der Waals surface area contributed by atoms with Crippen molar-refractivity contribution in [3.05, 3.63) is 339 Å². The molecule has 2 atom stereocenters. The average Bonchev–Trinajstić information content (AvgIpc) is 0.844. The number of esters is 2. The van der Waals surface area contributed by atoms with Crippen LogP contribution in [0.4, 0.5) is 29.1 Å². The van der Waals surface area contributed by atoms with Crippen LogP contribution in [0.3, 0.4) is 0 Å². The van der Waals surface area contributed by atoms with E-state index in [2.05, 4.69) is 136 Å². The summed E-state index contributed by atoms with van der Waals surface area (Å²) in [6, 6.07) is 50.7. The van der Waals surface area contributed by atoms with Crippen molar-refractivity contribution < 1.29 is 76.6 Å². The molecule has 4 amide bonds. The summed E-state index contributed by atoms with van der Waals surface area (Å²) in [5.74, 6) is 1.87. The number of carbonyl (C=O) groups excluding carboxylic acids is 7. The molecule has 30 nitrogen and oxygen atoms in total. The van der Waals surface area contributed by atoms with Crippen molar-refractivity contribution in [1.82, 2.24) is 40.2 Å². The molecular formula is C101H111Br2Cl5N14O16Sn. The Morgan fingerprint density at radius 3 is 1.10 bits per heavy atom. The molecule has 0 unspecified atom stereocenters. The molecule has 0 bridgehead atoms. The van der Waals surface area contributed by atoms with Gasteiger partial charge in [-0.1, -0.05) is 133 Å². The number of nitrogens with two attached hydrogens (primary N) is 2. The number of anilines is 5. The maximum Gasteiger partial charge on any atom is 0.337 e. The molecule has 7 heterocycles. The standard InChI is InChI=1S/C23H23ClN4O4.C15H13ClN2O2.C14H11ClN2O3.C13H10BrClN2O2.C9H12N2O2.C7H4BrClO2.C6H8N2O.3C4H9.C2H3.Sn/c1-31-17-8-10-26-21(13-17)28-22(29)18-7-6-15(11-19(18)24)14-27-20(23(30)32-2)12-16-5-3-4-9-25-16;1-3-10-4-5-12(13(16)8-10)15(19)18-14-9-11(20-2)6-7-17-14;1-20-10-4-5-16-13(7-10)17-14(19)11-3-2-9(8-18)6-12(11)15;1-19-9-4-5-16-12(7-9)17-13(18)10-3-2-8(14)6-11(10)15;1-13-9(12)8(10)6-7-4-2-3-5-11-7;8-4-1-2-5(7(10)11)6(9)3-4;1-9-5-2-3-8-6(7)4-5;3*1-3-4-2;1-2;/h3-11,13,20,27H,12,14H2,1-2H3,(H,26,28,29);3-9H,1H2,2H3,(H,17,18,19);2-8H,1H3,(H,16,17,19);2-7H,1H3,(H,16,17,18);2-5,8H,6,10H2,1H3;1-3H,(H,10,11);2-4H,1H3,(H2,7,8);3*1,3-4H2,2H3;1H,2H2;/t20-;;;;8-;;;;;;;/m1...1......./s1. The smallest absolute Gasteiger partial charge is 0.337 e. The molecule has 734 valence electrons. The second-order valence-electron chi connectivity index (χ2n) is 29.4. The summed E-state index contributed by atoms with van der Waals surface area (Å²) >= 11 is 34.6. The average molecular weight is 2230 g/mol. The molecule has 10 N–H and O–H groups in total. The maximum atomic E-state index is 12.6. The van der Waals surface area contributed by atoms with Gasteiger partial charge in [-0.25, -0.2) is 29.7 Å². The van der Waals surface area contributed by atoms with Gasteiger partial charge in [-0.15, -0.1) is 0 Å². The number of aromatic nitrogens is 7. The van der Waals surface area contributed by atoms with Crippen molar-refractivity contribution in [3.63, 3.8) is 0 Å². The van der Waals surface area contributed by atoms with Gasteiger partial charge in [-0.2, -0.15) is 0 Å². The van der Waals surface area contributed by atoms with Crippen molar-refractivity contribution in [3.8, 4) is 28.7 Å². The monoisotopic (exact) mass is 2230 g/mol. The minimum absolute atomic E-state index is 0.120. The van der Waals surface area contributed by atoms with Crippen LogP contribution in [0.2, 0.25) is 38.4 Å². The Labute approximate surface area is 855 Å². The molecule has 139 heavy (non-hydrogen) atoms. The summed E-state index contributed by atoms with van der Waals surface area (Å²) in [6.45, 7) is 15.1. The van der Waals surface area contributed by atoms with Crippen LogP contribution in [0, 0.1) is 0 Å². The van der Waals surface area contributed by atoms with Crippen LogP contribution in [0.25, 0.3) is 6.08 Å². The summed E-state index contributed by atoms with van der Waals surface area (Å²) in [5.41, 5.74) is 16.0. The number of benzene rings is 5. The van der Waals surface area contributed by atoms with E-state index in [1.165, 1.54) is 104 Å². The number of hydrogen-bond acceptors (Lipinski definition) is 25. The van der Waals surface area contributed by atoms with Gasteiger partial charge in [0.05, 0.1) is 103 Å². The van der Waals surface area contributed by atoms with Gasteiger partial charge in [-0.3, -0.25) is 48.8 Å². The van der Waals surface area contributed by atoms with E-state index in [9.17, 15) is 38.4 Å². The second kappa shape index (κ2) is 64.6. The van der Waals surface area contributed by atoms with Crippen LogP contribution in [0.5, 0.6) is 28.7 Å². The van der Waals surface area contributed by atoms with Gasteiger partial charge < -0.3 is 71.0 Å². The van der Waals surface area contributed by atoms with E-state index in [-0.39, 0.29) is 44.0 Å². The Morgan fingerprint density at radius 1 is 0.424 bits per heavy atom. The molecule has 0 aliphatic heterocycles. The first kappa shape index (κ1) is 117. The number of nitrogens with one attached hydrogen (secondary N) is 5. The van der Waals surface area contributed by atoms with E-state index < -0.39 is 54.2 Å². The number of ether oxygens (including phenoxy) is 7. The van der Waals surface area contributed by atoms with E-state index in [1.807, 2.05) is 36.4 Å². The molecule has 0 fully saturated rings. The molecule has 0 spiro atoms. The van der Waals surface area contributed by atoms with Crippen molar-refractivity contribution in [1.29, 1.82) is 0 Å². The number of aldehydes is 1. The second-order valence-corrected chi connectivity index (χ2v) is 46.5. The van der Waals surface area contributed by atoms with Gasteiger partial charge in [0.25, 0.3) is 23.6 Å². The SMILES string of the molecule is C=Cc1ccc(C(=O)Nc2cc(OC)ccn2)c(Cl)c1.C=[CH][Sn]([CH2]CCC)([CH2]CCC)[CH2]CCC.COC(=O)[C@@H](Cc1ccccn1)NCc1ccc(C(=O)Nc2cc(OC)ccn2)c(Cl)c1.COC(=O)[C@H](N)Cc1ccccn1.COc1ccnc(N)c1.COc1ccnc(NC(=O)c2ccc(Br)cc2Cl)c1.COc1ccnc(NC(=O)c2ccc(C=O)cc2Cl)c1.O=C(O)c1ccc(Br)cc1Cl. The predicted molar refractivity (Wildman–Crippen MR) is 559 cm³/mol. The normalized spacial score (nSPS) is 10.6. The Bertz CT molecular complexity index is 5840. The molecule has 0 saturated carbocycles. The van der Waals surface area contributed by atoms with Crippen LogP contribution >= 0.6 is 89.9 Å². The number of methoxy groups -OCH3 is 7. The first-order valence-corrected chi connectivity index (χ1v) is 54.1. The van der Waals surface area contributed by atoms with Crippen LogP contribution in [-0.4, -0.2) is 168 Å². The Hall–Kier alpha value is -12.5. The Balaban J connectivity index is 0.000000288. The van der Waals surface area contributed by atoms with Crippen molar-refractivity contribution in [2.75, 3.05) is 76.8 Å². The zero-order valence-corrected chi connectivity index (χ0v) is 88.0. The molecular weight excluding hydrogens is 2120 g/mol. The summed E-state index contributed by atoms with van der Waals surface area (Å²) in [6.07, 6.45) is 22.7. The first-order chi connectivity index (χ1) is 66.8. The molecule has 38 heteroatoms. The number of hydrogen-bond donors (Lipinski definition) is 8. The quantitative estimate of drug-likeness (QED) is 0.0104. The number of rotatable bonds is 35. The fourth-order valence-electron chi connectivity index (χ4n) is 12.1. The summed E-state index contributed by atoms with van der Waals surface area (Å²) in [5, 5.41) is 23.8. The first-order valence-electron chi connectivity index (χ1n) is 43.0. The molecule has 0 saturated heterocycles. The summed E-state index contributed by atoms with van der Waals surface area (Å²) < 4.78 is 43.3. The number of carbonyl (C=O) groups is 8. The van der Waals surface area contributed by atoms with E-state index in [4.69, 9.17) is 103 Å². The van der Waals surface area contributed by atoms with Crippen LogP contribution in [0.1, 0.15) is 144 Å². The number of unbranched alkanes of at least 4 members (excludes halogenated alkanes) is 3. The van der Waals surface area contributed by atoms with Gasteiger partial charge in [-0.05, 0) is 139 Å².